The number of hydrogen-bond donors (Lipinski definition) is 1. The van der Waals surface area contributed by atoms with Gasteiger partial charge in [0.25, 0.3) is 0 Å². The molecule has 110 valence electrons. The predicted octanol–water partition coefficient (Wildman–Crippen LogP) is 1.51. The van der Waals surface area contributed by atoms with E-state index in [1.807, 2.05) is 0 Å². The molecular weight excluding hydrogens is 276 g/mol. The van der Waals surface area contributed by atoms with Gasteiger partial charge >= 0.3 is 0 Å². The van der Waals surface area contributed by atoms with Crippen molar-refractivity contribution < 1.29 is 13.2 Å². The molecule has 0 spiro atoms. The number of rotatable bonds is 4. The van der Waals surface area contributed by atoms with E-state index in [2.05, 4.69) is 0 Å². The zero-order valence-corrected chi connectivity index (χ0v) is 12.4. The summed E-state index contributed by atoms with van der Waals surface area (Å²) in [5.41, 5.74) is 6.83. The van der Waals surface area contributed by atoms with Gasteiger partial charge < -0.3 is 5.73 Å². The fourth-order valence-corrected chi connectivity index (χ4v) is 3.53. The third kappa shape index (κ3) is 3.80. The Labute approximate surface area is 119 Å². The van der Waals surface area contributed by atoms with Crippen LogP contribution in [0.2, 0.25) is 0 Å². The first-order chi connectivity index (χ1) is 9.36. The number of hydrogen-bond acceptors (Lipinski definition) is 4. The van der Waals surface area contributed by atoms with E-state index in [-0.39, 0.29) is 11.7 Å². The highest BCUT2D eigenvalue weighted by molar-refractivity contribution is 7.88. The van der Waals surface area contributed by atoms with Crippen LogP contribution in [0, 0.1) is 5.92 Å². The molecule has 0 aromatic heterocycles. The number of nitrogens with two attached hydrogens (primary N) is 1. The third-order valence-corrected chi connectivity index (χ3v) is 4.90. The number of sulfonamides is 1. The van der Waals surface area contributed by atoms with Gasteiger partial charge in [-0.15, -0.1) is 0 Å². The lowest BCUT2D eigenvalue weighted by atomic mass is 9.92. The molecule has 1 aliphatic rings. The lowest BCUT2D eigenvalue weighted by Crippen LogP contribution is -2.39. The molecule has 20 heavy (non-hydrogen) atoms. The van der Waals surface area contributed by atoms with Gasteiger partial charge in [0, 0.05) is 30.8 Å². The summed E-state index contributed by atoms with van der Waals surface area (Å²) in [6.45, 7) is 0.995. The Balaban J connectivity index is 2.01. The number of carbonyl (C=O) groups is 1. The smallest absolute Gasteiger partial charge is 0.211 e. The van der Waals surface area contributed by atoms with E-state index in [9.17, 15) is 13.2 Å². The summed E-state index contributed by atoms with van der Waals surface area (Å²) in [5, 5.41) is 0. The van der Waals surface area contributed by atoms with Crippen molar-refractivity contribution in [3.8, 4) is 0 Å². The number of carbonyl (C=O) groups excluding carboxylic acids is 1. The maximum atomic E-state index is 12.2. The zero-order valence-electron chi connectivity index (χ0n) is 11.6. The number of piperidine rings is 1. The highest BCUT2D eigenvalue weighted by atomic mass is 32.2. The van der Waals surface area contributed by atoms with E-state index in [1.165, 1.54) is 10.6 Å². The van der Waals surface area contributed by atoms with Gasteiger partial charge in [0.05, 0.1) is 6.26 Å². The summed E-state index contributed by atoms with van der Waals surface area (Å²) >= 11 is 0. The van der Waals surface area contributed by atoms with E-state index in [0.29, 0.717) is 30.8 Å². The number of Topliss-reactive ketones (excluding diaryl/α,β-unsaturated/α-hetero) is 1. The number of anilines is 1. The number of ketones is 1. The predicted molar refractivity (Wildman–Crippen MR) is 78.9 cm³/mol. The van der Waals surface area contributed by atoms with E-state index >= 15 is 0 Å². The van der Waals surface area contributed by atoms with Crippen molar-refractivity contribution in [1.29, 1.82) is 0 Å². The Hall–Kier alpha value is -1.40. The number of benzene rings is 1. The monoisotopic (exact) mass is 296 g/mol. The molecule has 6 heteroatoms. The van der Waals surface area contributed by atoms with Gasteiger partial charge in [0.15, 0.2) is 5.78 Å². The van der Waals surface area contributed by atoms with Crippen molar-refractivity contribution in [2.24, 2.45) is 5.92 Å². The van der Waals surface area contributed by atoms with Crippen molar-refractivity contribution in [1.82, 2.24) is 4.31 Å². The third-order valence-electron chi connectivity index (χ3n) is 3.63. The first-order valence-corrected chi connectivity index (χ1v) is 8.55. The van der Waals surface area contributed by atoms with Gasteiger partial charge in [-0.1, -0.05) is 12.1 Å². The van der Waals surface area contributed by atoms with Crippen LogP contribution in [0.25, 0.3) is 0 Å². The van der Waals surface area contributed by atoms with Crippen molar-refractivity contribution in [3.05, 3.63) is 29.8 Å². The molecule has 1 aromatic carbocycles. The highest BCUT2D eigenvalue weighted by Crippen LogP contribution is 2.23. The second-order valence-electron chi connectivity index (χ2n) is 5.38. The lowest BCUT2D eigenvalue weighted by molar-refractivity contribution is 0.0942. The molecule has 0 radical (unpaired) electrons. The first-order valence-electron chi connectivity index (χ1n) is 6.70. The van der Waals surface area contributed by atoms with E-state index in [1.54, 1.807) is 24.3 Å². The van der Waals surface area contributed by atoms with E-state index < -0.39 is 10.0 Å². The maximum absolute atomic E-state index is 12.2. The summed E-state index contributed by atoms with van der Waals surface area (Å²) in [5.74, 6) is 0.116. The molecule has 1 unspecified atom stereocenters. The molecule has 0 amide bonds. The molecule has 0 aliphatic carbocycles. The summed E-state index contributed by atoms with van der Waals surface area (Å²) in [6.07, 6.45) is 3.28. The topological polar surface area (TPSA) is 80.5 Å². The average Bonchev–Trinajstić information content (AvgIpc) is 2.38. The molecule has 2 rings (SSSR count). The van der Waals surface area contributed by atoms with Crippen LogP contribution in [0.4, 0.5) is 5.69 Å². The van der Waals surface area contributed by atoms with Crippen molar-refractivity contribution >= 4 is 21.5 Å². The van der Waals surface area contributed by atoms with Crippen molar-refractivity contribution in [2.75, 3.05) is 25.1 Å². The molecule has 1 atom stereocenters. The van der Waals surface area contributed by atoms with Crippen molar-refractivity contribution in [2.45, 2.75) is 19.3 Å². The van der Waals surface area contributed by atoms with Crippen LogP contribution in [0.3, 0.4) is 0 Å². The minimum Gasteiger partial charge on any atom is -0.399 e. The Kier molecular flexibility index (Phi) is 4.45. The van der Waals surface area contributed by atoms with Gasteiger partial charge in [0.1, 0.15) is 0 Å². The number of nitrogen functional groups attached to an aromatic ring is 1. The highest BCUT2D eigenvalue weighted by Gasteiger charge is 2.27. The second-order valence-corrected chi connectivity index (χ2v) is 7.36. The van der Waals surface area contributed by atoms with Crippen molar-refractivity contribution in [3.63, 3.8) is 0 Å². The standard InChI is InChI=1S/C14H20N2O3S/c1-20(18,19)16-7-3-4-11(10-16)8-14(17)12-5-2-6-13(15)9-12/h2,5-6,9,11H,3-4,7-8,10,15H2,1H3. The van der Waals surface area contributed by atoms with Crippen LogP contribution in [0.1, 0.15) is 29.6 Å². The minimum atomic E-state index is -3.16. The fraction of sp³-hybridized carbons (Fsp3) is 0.500. The molecule has 5 nitrogen and oxygen atoms in total. The number of nitrogens with zero attached hydrogens (tertiary/aromatic N) is 1. The van der Waals surface area contributed by atoms with Gasteiger partial charge in [-0.3, -0.25) is 4.79 Å². The second kappa shape index (κ2) is 5.93. The Bertz CT molecular complexity index is 598. The summed E-state index contributed by atoms with van der Waals surface area (Å²) < 4.78 is 24.6. The Morgan fingerprint density at radius 2 is 2.20 bits per heavy atom. The quantitative estimate of drug-likeness (QED) is 0.674. The molecule has 0 saturated carbocycles. The summed E-state index contributed by atoms with van der Waals surface area (Å²) in [6, 6.07) is 6.91. The molecular formula is C14H20N2O3S. The van der Waals surface area contributed by atoms with Crippen LogP contribution in [0.5, 0.6) is 0 Å². The largest absolute Gasteiger partial charge is 0.399 e. The van der Waals surface area contributed by atoms with E-state index in [0.717, 1.165) is 12.8 Å². The molecule has 0 bridgehead atoms. The Morgan fingerprint density at radius 3 is 2.85 bits per heavy atom. The van der Waals surface area contributed by atoms with E-state index in [4.69, 9.17) is 5.73 Å². The van der Waals surface area contributed by atoms with Gasteiger partial charge in [-0.2, -0.15) is 0 Å². The molecule has 1 heterocycles. The van der Waals surface area contributed by atoms with Gasteiger partial charge in [0.2, 0.25) is 10.0 Å². The average molecular weight is 296 g/mol. The summed E-state index contributed by atoms with van der Waals surface area (Å²) in [7, 11) is -3.16. The molecule has 1 aromatic rings. The molecule has 1 aliphatic heterocycles. The zero-order chi connectivity index (χ0) is 14.8. The normalized spacial score (nSPS) is 20.8. The van der Waals surface area contributed by atoms with Crippen LogP contribution >= 0.6 is 0 Å². The van der Waals surface area contributed by atoms with Gasteiger partial charge in [-0.05, 0) is 30.9 Å². The minimum absolute atomic E-state index is 0.0256. The Morgan fingerprint density at radius 1 is 1.45 bits per heavy atom. The maximum Gasteiger partial charge on any atom is 0.211 e. The SMILES string of the molecule is CS(=O)(=O)N1CCCC(CC(=O)c2cccc(N)c2)C1. The van der Waals surface area contributed by atoms with Crippen LogP contribution in [-0.2, 0) is 10.0 Å². The summed E-state index contributed by atoms with van der Waals surface area (Å²) in [4.78, 5) is 12.2. The van der Waals surface area contributed by atoms with Crippen LogP contribution in [-0.4, -0.2) is 37.9 Å². The molecule has 2 N–H and O–H groups in total. The first kappa shape index (κ1) is 15.0. The van der Waals surface area contributed by atoms with Gasteiger partial charge in [-0.25, -0.2) is 12.7 Å². The fourth-order valence-electron chi connectivity index (χ4n) is 2.59. The van der Waals surface area contributed by atoms with Crippen LogP contribution in [0.15, 0.2) is 24.3 Å². The van der Waals surface area contributed by atoms with Crippen LogP contribution < -0.4 is 5.73 Å². The molecule has 1 fully saturated rings. The lowest BCUT2D eigenvalue weighted by Gasteiger charge is -2.30. The molecule has 1 saturated heterocycles.